The smallest absolute Gasteiger partial charge is 0.244 e. The largest absolute Gasteiger partial charge is 0.495 e. The molecule has 1 aromatic heterocycles. The highest BCUT2D eigenvalue weighted by atomic mass is 32.2. The Morgan fingerprint density at radius 3 is 2.47 bits per heavy atom. The molecule has 0 amide bonds. The number of sulfonamides is 1. The number of aromatic nitrogens is 1. The molecule has 1 fully saturated rings. The summed E-state index contributed by atoms with van der Waals surface area (Å²) < 4.78 is 39.3. The predicted molar refractivity (Wildman–Crippen MR) is 124 cm³/mol. The van der Waals surface area contributed by atoms with Gasteiger partial charge in [0, 0.05) is 56.6 Å². The van der Waals surface area contributed by atoms with Gasteiger partial charge in [-0.05, 0) is 37.3 Å². The number of para-hydroxylation sites is 1. The Morgan fingerprint density at radius 2 is 1.81 bits per heavy atom. The summed E-state index contributed by atoms with van der Waals surface area (Å²) in [5.74, 6) is 0.798. The second-order valence-corrected chi connectivity index (χ2v) is 9.50. The van der Waals surface area contributed by atoms with E-state index in [1.54, 1.807) is 24.3 Å². The van der Waals surface area contributed by atoms with Crippen molar-refractivity contribution in [2.75, 3.05) is 51.3 Å². The van der Waals surface area contributed by atoms with Crippen molar-refractivity contribution in [3.8, 4) is 17.1 Å². The second kappa shape index (κ2) is 9.72. The lowest BCUT2D eigenvalue weighted by Gasteiger charge is -2.36. The number of hydrogen-bond donors (Lipinski definition) is 1. The van der Waals surface area contributed by atoms with Crippen LogP contribution >= 0.6 is 0 Å². The summed E-state index contributed by atoms with van der Waals surface area (Å²) in [7, 11) is -2.30. The molecule has 0 radical (unpaired) electrons. The molecule has 8 nitrogen and oxygen atoms in total. The SMILES string of the molecule is COc1ccc(-c2cc(C)no2)cc1S(=O)(=O)NCCN1CCN(c2ccccc2)CC1. The molecule has 1 N–H and O–H groups in total. The molecule has 4 rings (SSSR count). The highest BCUT2D eigenvalue weighted by Crippen LogP contribution is 2.30. The first-order valence-electron chi connectivity index (χ1n) is 10.6. The number of benzene rings is 2. The molecule has 3 aromatic rings. The fraction of sp³-hybridized carbons (Fsp3) is 0.348. The predicted octanol–water partition coefficient (Wildman–Crippen LogP) is 2.76. The molecule has 170 valence electrons. The van der Waals surface area contributed by atoms with Gasteiger partial charge in [0.05, 0.1) is 12.8 Å². The molecule has 0 aliphatic carbocycles. The Morgan fingerprint density at radius 1 is 1.06 bits per heavy atom. The van der Waals surface area contributed by atoms with Gasteiger partial charge in [-0.3, -0.25) is 4.90 Å². The minimum atomic E-state index is -3.76. The number of methoxy groups -OCH3 is 1. The molecule has 0 unspecified atom stereocenters. The minimum Gasteiger partial charge on any atom is -0.495 e. The Labute approximate surface area is 188 Å². The molecule has 2 heterocycles. The lowest BCUT2D eigenvalue weighted by molar-refractivity contribution is 0.262. The summed E-state index contributed by atoms with van der Waals surface area (Å²) in [5.41, 5.74) is 2.58. The van der Waals surface area contributed by atoms with Crippen molar-refractivity contribution in [1.82, 2.24) is 14.8 Å². The Balaban J connectivity index is 1.36. The van der Waals surface area contributed by atoms with Crippen LogP contribution in [-0.2, 0) is 10.0 Å². The van der Waals surface area contributed by atoms with E-state index in [2.05, 4.69) is 31.8 Å². The van der Waals surface area contributed by atoms with Crippen LogP contribution in [0.1, 0.15) is 5.69 Å². The molecule has 1 aliphatic rings. The number of rotatable bonds is 8. The average molecular weight is 457 g/mol. The number of aryl methyl sites for hydroxylation is 1. The highest BCUT2D eigenvalue weighted by molar-refractivity contribution is 7.89. The van der Waals surface area contributed by atoms with Crippen LogP contribution < -0.4 is 14.4 Å². The molecule has 0 saturated carbocycles. The van der Waals surface area contributed by atoms with Gasteiger partial charge in [-0.15, -0.1) is 0 Å². The molecule has 32 heavy (non-hydrogen) atoms. The van der Waals surface area contributed by atoms with E-state index < -0.39 is 10.0 Å². The van der Waals surface area contributed by atoms with Crippen LogP contribution in [0.15, 0.2) is 64.0 Å². The van der Waals surface area contributed by atoms with Gasteiger partial charge in [-0.25, -0.2) is 13.1 Å². The molecule has 0 spiro atoms. The van der Waals surface area contributed by atoms with E-state index in [0.717, 1.165) is 31.9 Å². The summed E-state index contributed by atoms with van der Waals surface area (Å²) in [6.45, 7) is 6.40. The standard InChI is InChI=1S/C23H28N4O4S/c1-18-16-22(31-25-18)19-8-9-21(30-2)23(17-19)32(28,29)24-10-11-26-12-14-27(15-13-26)20-6-4-3-5-7-20/h3-9,16-17,24H,10-15H2,1-2H3. The van der Waals surface area contributed by atoms with Crippen LogP contribution in [-0.4, -0.2) is 64.9 Å². The lowest BCUT2D eigenvalue weighted by atomic mass is 10.1. The fourth-order valence-electron chi connectivity index (χ4n) is 3.82. The first-order valence-corrected chi connectivity index (χ1v) is 12.1. The normalized spacial score (nSPS) is 15.1. The third kappa shape index (κ3) is 5.12. The van der Waals surface area contributed by atoms with E-state index >= 15 is 0 Å². The van der Waals surface area contributed by atoms with Crippen molar-refractivity contribution in [2.45, 2.75) is 11.8 Å². The third-order valence-electron chi connectivity index (χ3n) is 5.58. The first kappa shape index (κ1) is 22.3. The summed E-state index contributed by atoms with van der Waals surface area (Å²) >= 11 is 0. The number of nitrogens with zero attached hydrogens (tertiary/aromatic N) is 3. The lowest BCUT2D eigenvalue weighted by Crippen LogP contribution is -2.48. The molecule has 1 aliphatic heterocycles. The quantitative estimate of drug-likeness (QED) is 0.558. The van der Waals surface area contributed by atoms with Crippen LogP contribution in [0.25, 0.3) is 11.3 Å². The van der Waals surface area contributed by atoms with Gasteiger partial charge in [0.1, 0.15) is 10.6 Å². The van der Waals surface area contributed by atoms with Crippen molar-refractivity contribution in [3.63, 3.8) is 0 Å². The summed E-state index contributed by atoms with van der Waals surface area (Å²) in [6, 6.07) is 17.0. The van der Waals surface area contributed by atoms with E-state index in [0.29, 0.717) is 24.4 Å². The first-order chi connectivity index (χ1) is 15.5. The summed E-state index contributed by atoms with van der Waals surface area (Å²) in [6.07, 6.45) is 0. The van der Waals surface area contributed by atoms with Crippen molar-refractivity contribution in [2.24, 2.45) is 0 Å². The molecular weight excluding hydrogens is 428 g/mol. The van der Waals surface area contributed by atoms with E-state index in [-0.39, 0.29) is 10.6 Å². The summed E-state index contributed by atoms with van der Waals surface area (Å²) in [4.78, 5) is 4.70. The number of ether oxygens (including phenoxy) is 1. The van der Waals surface area contributed by atoms with Crippen molar-refractivity contribution in [3.05, 3.63) is 60.3 Å². The zero-order valence-electron chi connectivity index (χ0n) is 18.3. The van der Waals surface area contributed by atoms with Gasteiger partial charge < -0.3 is 14.2 Å². The zero-order valence-corrected chi connectivity index (χ0v) is 19.1. The maximum absolute atomic E-state index is 13.0. The van der Waals surface area contributed by atoms with E-state index in [9.17, 15) is 8.42 Å². The monoisotopic (exact) mass is 456 g/mol. The van der Waals surface area contributed by atoms with Gasteiger partial charge in [0.25, 0.3) is 0 Å². The van der Waals surface area contributed by atoms with Crippen molar-refractivity contribution in [1.29, 1.82) is 0 Å². The van der Waals surface area contributed by atoms with Gasteiger partial charge >= 0.3 is 0 Å². The van der Waals surface area contributed by atoms with Crippen LogP contribution in [0.4, 0.5) is 5.69 Å². The van der Waals surface area contributed by atoms with Crippen LogP contribution in [0.3, 0.4) is 0 Å². The van der Waals surface area contributed by atoms with Crippen LogP contribution in [0.2, 0.25) is 0 Å². The Kier molecular flexibility index (Phi) is 6.78. The van der Waals surface area contributed by atoms with E-state index in [1.165, 1.54) is 12.8 Å². The Hall–Kier alpha value is -2.88. The number of anilines is 1. The minimum absolute atomic E-state index is 0.0837. The van der Waals surface area contributed by atoms with E-state index in [4.69, 9.17) is 9.26 Å². The molecule has 0 atom stereocenters. The van der Waals surface area contributed by atoms with E-state index in [1.807, 2.05) is 25.1 Å². The van der Waals surface area contributed by atoms with Gasteiger partial charge in [-0.1, -0.05) is 23.4 Å². The highest BCUT2D eigenvalue weighted by Gasteiger charge is 2.22. The van der Waals surface area contributed by atoms with Crippen LogP contribution in [0, 0.1) is 6.92 Å². The second-order valence-electron chi connectivity index (χ2n) is 7.76. The topological polar surface area (TPSA) is 87.9 Å². The van der Waals surface area contributed by atoms with Gasteiger partial charge in [0.15, 0.2) is 5.76 Å². The molecular formula is C23H28N4O4S. The maximum atomic E-state index is 13.0. The Bertz CT molecular complexity index is 1140. The number of nitrogens with one attached hydrogen (secondary N) is 1. The maximum Gasteiger partial charge on any atom is 0.244 e. The molecule has 1 saturated heterocycles. The van der Waals surface area contributed by atoms with Crippen molar-refractivity contribution >= 4 is 15.7 Å². The van der Waals surface area contributed by atoms with Crippen molar-refractivity contribution < 1.29 is 17.7 Å². The van der Waals surface area contributed by atoms with Crippen LogP contribution in [0.5, 0.6) is 5.75 Å². The number of piperazine rings is 1. The van der Waals surface area contributed by atoms with Gasteiger partial charge in [-0.2, -0.15) is 0 Å². The fourth-order valence-corrected chi connectivity index (χ4v) is 5.04. The molecule has 0 bridgehead atoms. The number of hydrogen-bond acceptors (Lipinski definition) is 7. The molecule has 2 aromatic carbocycles. The average Bonchev–Trinajstić information content (AvgIpc) is 3.26. The third-order valence-corrected chi connectivity index (χ3v) is 7.06. The molecule has 9 heteroatoms. The summed E-state index contributed by atoms with van der Waals surface area (Å²) in [5, 5.41) is 3.87. The van der Waals surface area contributed by atoms with Gasteiger partial charge in [0.2, 0.25) is 10.0 Å². The zero-order chi connectivity index (χ0) is 22.6.